The summed E-state index contributed by atoms with van der Waals surface area (Å²) in [5, 5.41) is 6.82. The molecule has 0 radical (unpaired) electrons. The number of anilines is 1. The predicted octanol–water partition coefficient (Wildman–Crippen LogP) is 4.00. The Kier molecular flexibility index (Phi) is 4.29. The summed E-state index contributed by atoms with van der Waals surface area (Å²) in [6.45, 7) is 1.82. The lowest BCUT2D eigenvalue weighted by molar-refractivity contribution is 0.102. The van der Waals surface area contributed by atoms with Crippen LogP contribution in [0.4, 0.5) is 5.69 Å². The Morgan fingerprint density at radius 2 is 2.05 bits per heavy atom. The van der Waals surface area contributed by atoms with Crippen LogP contribution < -0.4 is 10.6 Å². The van der Waals surface area contributed by atoms with E-state index in [0.29, 0.717) is 16.3 Å². The number of nitrogens with one attached hydrogen (secondary N) is 2. The molecule has 1 amide bonds. The van der Waals surface area contributed by atoms with Crippen LogP contribution >= 0.6 is 27.5 Å². The summed E-state index contributed by atoms with van der Waals surface area (Å²) in [4.78, 5) is 12.3. The Morgan fingerprint density at radius 3 is 2.86 bits per heavy atom. The second-order valence-corrected chi connectivity index (χ2v) is 6.25. The molecule has 5 heteroatoms. The van der Waals surface area contributed by atoms with Crippen LogP contribution in [0.3, 0.4) is 0 Å². The molecule has 0 unspecified atom stereocenters. The fourth-order valence-electron chi connectivity index (χ4n) is 2.40. The monoisotopic (exact) mass is 364 g/mol. The van der Waals surface area contributed by atoms with Crippen molar-refractivity contribution in [2.24, 2.45) is 0 Å². The number of amides is 1. The number of fused-ring (bicyclic) bond motifs is 1. The Balaban J connectivity index is 1.80. The quantitative estimate of drug-likeness (QED) is 0.844. The zero-order valence-corrected chi connectivity index (χ0v) is 13.6. The number of hydrogen-bond acceptors (Lipinski definition) is 2. The number of halogens is 2. The van der Waals surface area contributed by atoms with E-state index in [1.807, 2.05) is 18.2 Å². The van der Waals surface area contributed by atoms with E-state index in [9.17, 15) is 4.79 Å². The average molecular weight is 366 g/mol. The average Bonchev–Trinajstić information content (AvgIpc) is 2.50. The van der Waals surface area contributed by atoms with Crippen molar-refractivity contribution in [1.29, 1.82) is 0 Å². The maximum absolute atomic E-state index is 12.3. The maximum atomic E-state index is 12.3. The van der Waals surface area contributed by atoms with Crippen molar-refractivity contribution in [1.82, 2.24) is 5.32 Å². The minimum Gasteiger partial charge on any atom is -0.322 e. The highest BCUT2D eigenvalue weighted by Gasteiger charge is 2.13. The lowest BCUT2D eigenvalue weighted by atomic mass is 9.98. The third-order valence-electron chi connectivity index (χ3n) is 3.53. The standard InChI is InChI=1S/C16H14BrClN2O/c17-14-8-13(3-4-15(14)18)20-16(21)11-2-1-10-5-6-19-9-12(10)7-11/h1-4,7-8,19H,5-6,9H2,(H,20,21). The van der Waals surface area contributed by atoms with Gasteiger partial charge in [0.25, 0.3) is 5.91 Å². The molecule has 0 bridgehead atoms. The van der Waals surface area contributed by atoms with Crippen molar-refractivity contribution < 1.29 is 4.79 Å². The molecule has 3 rings (SSSR count). The minimum absolute atomic E-state index is 0.113. The van der Waals surface area contributed by atoms with E-state index in [1.54, 1.807) is 18.2 Å². The van der Waals surface area contributed by atoms with E-state index in [0.717, 1.165) is 24.0 Å². The second-order valence-electron chi connectivity index (χ2n) is 4.99. The van der Waals surface area contributed by atoms with Crippen molar-refractivity contribution in [3.63, 3.8) is 0 Å². The van der Waals surface area contributed by atoms with Crippen LogP contribution in [-0.2, 0) is 13.0 Å². The Bertz CT molecular complexity index is 703. The molecule has 0 aliphatic carbocycles. The van der Waals surface area contributed by atoms with Gasteiger partial charge in [0.1, 0.15) is 0 Å². The maximum Gasteiger partial charge on any atom is 0.255 e. The van der Waals surface area contributed by atoms with Crippen LogP contribution in [0.15, 0.2) is 40.9 Å². The number of rotatable bonds is 2. The zero-order valence-electron chi connectivity index (χ0n) is 11.2. The molecule has 1 aliphatic rings. The van der Waals surface area contributed by atoms with Crippen LogP contribution in [0.25, 0.3) is 0 Å². The van der Waals surface area contributed by atoms with Gasteiger partial charge in [-0.3, -0.25) is 4.79 Å². The Morgan fingerprint density at radius 1 is 1.19 bits per heavy atom. The molecule has 1 aliphatic heterocycles. The van der Waals surface area contributed by atoms with E-state index in [2.05, 4.69) is 26.6 Å². The van der Waals surface area contributed by atoms with Gasteiger partial charge in [0.2, 0.25) is 0 Å². The van der Waals surface area contributed by atoms with E-state index in [-0.39, 0.29) is 5.91 Å². The predicted molar refractivity (Wildman–Crippen MR) is 89.0 cm³/mol. The molecular formula is C16H14BrClN2O. The van der Waals surface area contributed by atoms with Crippen LogP contribution in [-0.4, -0.2) is 12.5 Å². The van der Waals surface area contributed by atoms with Gasteiger partial charge >= 0.3 is 0 Å². The fourth-order valence-corrected chi connectivity index (χ4v) is 2.90. The molecule has 0 atom stereocenters. The van der Waals surface area contributed by atoms with E-state index in [4.69, 9.17) is 11.6 Å². The van der Waals surface area contributed by atoms with E-state index < -0.39 is 0 Å². The van der Waals surface area contributed by atoms with Gasteiger partial charge in [-0.15, -0.1) is 0 Å². The summed E-state index contributed by atoms with van der Waals surface area (Å²) < 4.78 is 0.761. The lowest BCUT2D eigenvalue weighted by Gasteiger charge is -2.17. The zero-order chi connectivity index (χ0) is 14.8. The summed E-state index contributed by atoms with van der Waals surface area (Å²) >= 11 is 9.30. The van der Waals surface area contributed by atoms with Crippen molar-refractivity contribution in [2.75, 3.05) is 11.9 Å². The van der Waals surface area contributed by atoms with E-state index >= 15 is 0 Å². The van der Waals surface area contributed by atoms with Gasteiger partial charge in [-0.25, -0.2) is 0 Å². The summed E-state index contributed by atoms with van der Waals surface area (Å²) in [5.41, 5.74) is 3.90. The molecule has 108 valence electrons. The lowest BCUT2D eigenvalue weighted by Crippen LogP contribution is -2.24. The number of carbonyl (C=O) groups excluding carboxylic acids is 1. The summed E-state index contributed by atoms with van der Waals surface area (Å²) in [5.74, 6) is -0.113. The van der Waals surface area contributed by atoms with Gasteiger partial charge in [-0.05, 0) is 70.4 Å². The van der Waals surface area contributed by atoms with Crippen LogP contribution in [0, 0.1) is 0 Å². The minimum atomic E-state index is -0.113. The number of carbonyl (C=O) groups is 1. The molecule has 2 aromatic carbocycles. The molecule has 2 N–H and O–H groups in total. The Labute approximate surface area is 136 Å². The third-order valence-corrected chi connectivity index (χ3v) is 4.75. The SMILES string of the molecule is O=C(Nc1ccc(Cl)c(Br)c1)c1ccc2c(c1)CNCC2. The van der Waals surface area contributed by atoms with Gasteiger partial charge in [0.05, 0.1) is 5.02 Å². The van der Waals surface area contributed by atoms with Crippen molar-refractivity contribution in [2.45, 2.75) is 13.0 Å². The molecule has 0 saturated carbocycles. The molecule has 0 spiro atoms. The highest BCUT2D eigenvalue weighted by Crippen LogP contribution is 2.26. The molecule has 0 aromatic heterocycles. The largest absolute Gasteiger partial charge is 0.322 e. The molecule has 0 fully saturated rings. The number of hydrogen-bond donors (Lipinski definition) is 2. The van der Waals surface area contributed by atoms with Crippen molar-refractivity contribution >= 4 is 39.1 Å². The van der Waals surface area contributed by atoms with Crippen LogP contribution in [0.1, 0.15) is 21.5 Å². The van der Waals surface area contributed by atoms with Crippen molar-refractivity contribution in [3.05, 3.63) is 62.6 Å². The molecule has 21 heavy (non-hydrogen) atoms. The van der Waals surface area contributed by atoms with Crippen molar-refractivity contribution in [3.8, 4) is 0 Å². The normalized spacial score (nSPS) is 13.6. The van der Waals surface area contributed by atoms with Gasteiger partial charge in [-0.2, -0.15) is 0 Å². The first kappa shape index (κ1) is 14.6. The highest BCUT2D eigenvalue weighted by molar-refractivity contribution is 9.10. The Hall–Kier alpha value is -1.36. The van der Waals surface area contributed by atoms with Crippen LogP contribution in [0.5, 0.6) is 0 Å². The highest BCUT2D eigenvalue weighted by atomic mass is 79.9. The topological polar surface area (TPSA) is 41.1 Å². The molecular weight excluding hydrogens is 352 g/mol. The van der Waals surface area contributed by atoms with Crippen LogP contribution in [0.2, 0.25) is 5.02 Å². The van der Waals surface area contributed by atoms with Gasteiger partial charge in [0, 0.05) is 22.3 Å². The smallest absolute Gasteiger partial charge is 0.255 e. The van der Waals surface area contributed by atoms with Gasteiger partial charge in [0.15, 0.2) is 0 Å². The first-order valence-electron chi connectivity index (χ1n) is 6.72. The second kappa shape index (κ2) is 6.18. The van der Waals surface area contributed by atoms with E-state index in [1.165, 1.54) is 11.1 Å². The van der Waals surface area contributed by atoms with Gasteiger partial charge < -0.3 is 10.6 Å². The molecule has 1 heterocycles. The molecule has 2 aromatic rings. The number of benzene rings is 2. The molecule has 0 saturated heterocycles. The van der Waals surface area contributed by atoms with Gasteiger partial charge in [-0.1, -0.05) is 17.7 Å². The molecule has 3 nitrogen and oxygen atoms in total. The fraction of sp³-hybridized carbons (Fsp3) is 0.188. The first-order chi connectivity index (χ1) is 10.1. The summed E-state index contributed by atoms with van der Waals surface area (Å²) in [6, 6.07) is 11.2. The summed E-state index contributed by atoms with van der Waals surface area (Å²) in [7, 11) is 0. The summed E-state index contributed by atoms with van der Waals surface area (Å²) in [6.07, 6.45) is 1.02. The first-order valence-corrected chi connectivity index (χ1v) is 7.89. The third kappa shape index (κ3) is 3.28.